The normalized spacial score (nSPS) is 10.0. The van der Waals surface area contributed by atoms with Crippen molar-refractivity contribution in [1.29, 1.82) is 5.26 Å². The Bertz CT molecular complexity index is 421. The molecule has 0 saturated heterocycles. The molecule has 0 unspecified atom stereocenters. The monoisotopic (exact) mass is 231 g/mol. The fourth-order valence-corrected chi connectivity index (χ4v) is 1.37. The van der Waals surface area contributed by atoms with E-state index >= 15 is 0 Å². The lowest BCUT2D eigenvalue weighted by Crippen LogP contribution is -2.25. The van der Waals surface area contributed by atoms with Crippen LogP contribution in [0.5, 0.6) is 0 Å². The van der Waals surface area contributed by atoms with E-state index in [1.807, 2.05) is 6.07 Å². The minimum absolute atomic E-state index is 0.104. The standard InChI is InChI=1S/C13H17N3O/c1-10(2)4-7-16-13(17)11-5-8-15-12(9-11)3-6-14/h5,8-10H,3-4,7H2,1-2H3,(H,16,17). The van der Waals surface area contributed by atoms with E-state index in [9.17, 15) is 4.79 Å². The first-order valence-corrected chi connectivity index (χ1v) is 5.73. The van der Waals surface area contributed by atoms with E-state index < -0.39 is 0 Å². The highest BCUT2D eigenvalue weighted by Crippen LogP contribution is 2.03. The molecule has 1 rings (SSSR count). The quantitative estimate of drug-likeness (QED) is 0.842. The molecule has 1 amide bonds. The van der Waals surface area contributed by atoms with Crippen LogP contribution in [0.15, 0.2) is 18.3 Å². The minimum Gasteiger partial charge on any atom is -0.352 e. The summed E-state index contributed by atoms with van der Waals surface area (Å²) >= 11 is 0. The van der Waals surface area contributed by atoms with Crippen LogP contribution in [-0.2, 0) is 6.42 Å². The molecule has 1 aromatic rings. The number of pyridine rings is 1. The number of nitrogens with zero attached hydrogens (tertiary/aromatic N) is 2. The summed E-state index contributed by atoms with van der Waals surface area (Å²) in [5.41, 5.74) is 1.19. The summed E-state index contributed by atoms with van der Waals surface area (Å²) in [5, 5.41) is 11.4. The molecule has 17 heavy (non-hydrogen) atoms. The maximum atomic E-state index is 11.8. The van der Waals surface area contributed by atoms with Gasteiger partial charge in [0.25, 0.3) is 5.91 Å². The summed E-state index contributed by atoms with van der Waals surface area (Å²) in [4.78, 5) is 15.8. The van der Waals surface area contributed by atoms with E-state index in [1.165, 1.54) is 0 Å². The second kappa shape index (κ2) is 6.64. The summed E-state index contributed by atoms with van der Waals surface area (Å²) in [6.45, 7) is 4.90. The molecule has 0 aliphatic rings. The first-order chi connectivity index (χ1) is 8.13. The molecule has 4 nitrogen and oxygen atoms in total. The van der Waals surface area contributed by atoms with Gasteiger partial charge in [-0.2, -0.15) is 5.26 Å². The zero-order valence-electron chi connectivity index (χ0n) is 10.2. The molecule has 0 aliphatic carbocycles. The van der Waals surface area contributed by atoms with Crippen LogP contribution in [0.1, 0.15) is 36.3 Å². The number of hydrogen-bond donors (Lipinski definition) is 1. The van der Waals surface area contributed by atoms with Crippen LogP contribution in [0.3, 0.4) is 0 Å². The molecule has 0 saturated carbocycles. The zero-order chi connectivity index (χ0) is 12.7. The second-order valence-electron chi connectivity index (χ2n) is 4.31. The fourth-order valence-electron chi connectivity index (χ4n) is 1.37. The van der Waals surface area contributed by atoms with Gasteiger partial charge in [0.15, 0.2) is 0 Å². The lowest BCUT2D eigenvalue weighted by Gasteiger charge is -2.07. The predicted octanol–water partition coefficient (Wildman–Crippen LogP) is 1.92. The third-order valence-electron chi connectivity index (χ3n) is 2.35. The van der Waals surface area contributed by atoms with Crippen molar-refractivity contribution in [3.63, 3.8) is 0 Å². The van der Waals surface area contributed by atoms with Crippen LogP contribution in [0, 0.1) is 17.2 Å². The summed E-state index contributed by atoms with van der Waals surface area (Å²) < 4.78 is 0. The Morgan fingerprint density at radius 1 is 1.59 bits per heavy atom. The molecule has 1 N–H and O–H groups in total. The first kappa shape index (κ1) is 13.2. The van der Waals surface area contributed by atoms with Crippen molar-refractivity contribution in [2.45, 2.75) is 26.7 Å². The molecule has 0 spiro atoms. The Hall–Kier alpha value is -1.89. The number of nitriles is 1. The van der Waals surface area contributed by atoms with Crippen LogP contribution >= 0.6 is 0 Å². The van der Waals surface area contributed by atoms with Crippen molar-refractivity contribution in [3.8, 4) is 6.07 Å². The van der Waals surface area contributed by atoms with Gasteiger partial charge in [0.1, 0.15) is 0 Å². The summed E-state index contributed by atoms with van der Waals surface area (Å²) in [6.07, 6.45) is 2.75. The average molecular weight is 231 g/mol. The molecule has 1 aromatic heterocycles. The molecule has 1 heterocycles. The zero-order valence-corrected chi connectivity index (χ0v) is 10.2. The van der Waals surface area contributed by atoms with Gasteiger partial charge >= 0.3 is 0 Å². The molecular formula is C13H17N3O. The molecule has 0 atom stereocenters. The highest BCUT2D eigenvalue weighted by atomic mass is 16.1. The Morgan fingerprint density at radius 3 is 3.00 bits per heavy atom. The van der Waals surface area contributed by atoms with E-state index in [1.54, 1.807) is 18.3 Å². The van der Waals surface area contributed by atoms with Gasteiger partial charge in [-0.25, -0.2) is 0 Å². The number of carbonyl (C=O) groups excluding carboxylic acids is 1. The van der Waals surface area contributed by atoms with Crippen molar-refractivity contribution in [1.82, 2.24) is 10.3 Å². The molecule has 0 bridgehead atoms. The smallest absolute Gasteiger partial charge is 0.251 e. The van der Waals surface area contributed by atoms with Crippen LogP contribution in [0.2, 0.25) is 0 Å². The largest absolute Gasteiger partial charge is 0.352 e. The van der Waals surface area contributed by atoms with Gasteiger partial charge < -0.3 is 5.32 Å². The molecule has 0 aliphatic heterocycles. The Labute approximate surface area is 102 Å². The van der Waals surface area contributed by atoms with E-state index in [0.29, 0.717) is 23.7 Å². The second-order valence-corrected chi connectivity index (χ2v) is 4.31. The van der Waals surface area contributed by atoms with Gasteiger partial charge in [-0.05, 0) is 24.5 Å². The van der Waals surface area contributed by atoms with Crippen LogP contribution < -0.4 is 5.32 Å². The van der Waals surface area contributed by atoms with Gasteiger partial charge in [-0.15, -0.1) is 0 Å². The maximum absolute atomic E-state index is 11.8. The van der Waals surface area contributed by atoms with Gasteiger partial charge in [-0.3, -0.25) is 9.78 Å². The van der Waals surface area contributed by atoms with E-state index in [4.69, 9.17) is 5.26 Å². The molecule has 0 radical (unpaired) electrons. The van der Waals surface area contributed by atoms with Crippen molar-refractivity contribution in [2.75, 3.05) is 6.54 Å². The first-order valence-electron chi connectivity index (χ1n) is 5.73. The SMILES string of the molecule is CC(C)CCNC(=O)c1ccnc(CC#N)c1. The lowest BCUT2D eigenvalue weighted by molar-refractivity contribution is 0.0952. The summed E-state index contributed by atoms with van der Waals surface area (Å²) in [7, 11) is 0. The van der Waals surface area contributed by atoms with Crippen LogP contribution in [-0.4, -0.2) is 17.4 Å². The van der Waals surface area contributed by atoms with Gasteiger partial charge in [0.2, 0.25) is 0 Å². The minimum atomic E-state index is -0.104. The summed E-state index contributed by atoms with van der Waals surface area (Å²) in [5.74, 6) is 0.467. The van der Waals surface area contributed by atoms with E-state index in [-0.39, 0.29) is 12.3 Å². The van der Waals surface area contributed by atoms with Gasteiger partial charge in [0, 0.05) is 18.3 Å². The van der Waals surface area contributed by atoms with Crippen molar-refractivity contribution in [3.05, 3.63) is 29.6 Å². The third kappa shape index (κ3) is 4.64. The van der Waals surface area contributed by atoms with E-state index in [2.05, 4.69) is 24.1 Å². The Balaban J connectivity index is 2.57. The van der Waals surface area contributed by atoms with Crippen LogP contribution in [0.25, 0.3) is 0 Å². The highest BCUT2D eigenvalue weighted by molar-refractivity contribution is 5.94. The molecule has 90 valence electrons. The Morgan fingerprint density at radius 2 is 2.35 bits per heavy atom. The average Bonchev–Trinajstić information content (AvgIpc) is 2.29. The molecular weight excluding hydrogens is 214 g/mol. The lowest BCUT2D eigenvalue weighted by atomic mass is 10.1. The maximum Gasteiger partial charge on any atom is 0.251 e. The van der Waals surface area contributed by atoms with Crippen molar-refractivity contribution in [2.24, 2.45) is 5.92 Å². The third-order valence-corrected chi connectivity index (χ3v) is 2.35. The van der Waals surface area contributed by atoms with Crippen molar-refractivity contribution >= 4 is 5.91 Å². The molecule has 4 heteroatoms. The molecule has 0 fully saturated rings. The van der Waals surface area contributed by atoms with E-state index in [0.717, 1.165) is 6.42 Å². The topological polar surface area (TPSA) is 65.8 Å². The van der Waals surface area contributed by atoms with Gasteiger partial charge in [-0.1, -0.05) is 13.8 Å². The summed E-state index contributed by atoms with van der Waals surface area (Å²) in [6, 6.07) is 5.33. The number of rotatable bonds is 5. The van der Waals surface area contributed by atoms with Crippen molar-refractivity contribution < 1.29 is 4.79 Å². The number of nitrogens with one attached hydrogen (secondary N) is 1. The highest BCUT2D eigenvalue weighted by Gasteiger charge is 2.06. The Kier molecular flexibility index (Phi) is 5.15. The fraction of sp³-hybridized carbons (Fsp3) is 0.462. The predicted molar refractivity (Wildman–Crippen MR) is 65.3 cm³/mol. The number of aromatic nitrogens is 1. The van der Waals surface area contributed by atoms with Gasteiger partial charge in [0.05, 0.1) is 18.2 Å². The number of hydrogen-bond acceptors (Lipinski definition) is 3. The van der Waals surface area contributed by atoms with Crippen LogP contribution in [0.4, 0.5) is 0 Å². The molecule has 0 aromatic carbocycles. The number of carbonyl (C=O) groups is 1. The number of amides is 1.